The molecule has 1 heterocycles. The molecule has 2 aromatic rings. The topological polar surface area (TPSA) is 27.1 Å². The quantitative estimate of drug-likeness (QED) is 0.791. The molecule has 2 rings (SSSR count). The molecule has 6 heteroatoms. The number of imidazole rings is 1. The van der Waals surface area contributed by atoms with Gasteiger partial charge in [0.25, 0.3) is 0 Å². The number of aryl methyl sites for hydroxylation is 1. The van der Waals surface area contributed by atoms with Gasteiger partial charge >= 0.3 is 0 Å². The Labute approximate surface area is 114 Å². The minimum absolute atomic E-state index is 0.0958. The van der Waals surface area contributed by atoms with Gasteiger partial charge in [0.2, 0.25) is 0 Å². The lowest BCUT2D eigenvalue weighted by atomic mass is 10.3. The van der Waals surface area contributed by atoms with E-state index in [0.29, 0.717) is 31.0 Å². The van der Waals surface area contributed by atoms with E-state index in [1.807, 2.05) is 4.57 Å². The first-order valence-corrected chi connectivity index (χ1v) is 6.47. The molecule has 0 aliphatic heterocycles. The first-order chi connectivity index (χ1) is 8.67. The van der Waals surface area contributed by atoms with Gasteiger partial charge in [0, 0.05) is 32.0 Å². The molecule has 0 radical (unpaired) electrons. The molecule has 3 nitrogen and oxygen atoms in total. The van der Waals surface area contributed by atoms with Crippen LogP contribution < -0.4 is 0 Å². The van der Waals surface area contributed by atoms with Gasteiger partial charge in [0.1, 0.15) is 11.6 Å². The molecule has 0 fully saturated rings. The fraction of sp³-hybridized carbons (Fsp3) is 0.417. The van der Waals surface area contributed by atoms with E-state index in [4.69, 9.17) is 27.9 Å². The van der Waals surface area contributed by atoms with Crippen LogP contribution in [0.5, 0.6) is 0 Å². The van der Waals surface area contributed by atoms with Crippen LogP contribution in [-0.4, -0.2) is 29.1 Å². The van der Waals surface area contributed by atoms with Crippen LogP contribution in [-0.2, 0) is 17.7 Å². The van der Waals surface area contributed by atoms with Crippen LogP contribution in [0.2, 0.25) is 5.02 Å². The Morgan fingerprint density at radius 1 is 1.44 bits per heavy atom. The zero-order valence-corrected chi connectivity index (χ0v) is 11.4. The van der Waals surface area contributed by atoms with E-state index in [-0.39, 0.29) is 5.02 Å². The third-order valence-corrected chi connectivity index (χ3v) is 3.19. The Morgan fingerprint density at radius 3 is 2.89 bits per heavy atom. The number of hydrogen-bond donors (Lipinski definition) is 0. The molecule has 1 aromatic carbocycles. The molecule has 1 aromatic heterocycles. The van der Waals surface area contributed by atoms with Crippen molar-refractivity contribution in [2.45, 2.75) is 13.0 Å². The normalized spacial score (nSPS) is 11.3. The third-order valence-electron chi connectivity index (χ3n) is 2.71. The molecule has 0 atom stereocenters. The van der Waals surface area contributed by atoms with Gasteiger partial charge in [-0.2, -0.15) is 0 Å². The number of methoxy groups -OCH3 is 1. The summed E-state index contributed by atoms with van der Waals surface area (Å²) in [6.45, 7) is 1.19. The van der Waals surface area contributed by atoms with Gasteiger partial charge in [0.05, 0.1) is 22.7 Å². The van der Waals surface area contributed by atoms with Crippen LogP contribution >= 0.6 is 23.2 Å². The predicted molar refractivity (Wildman–Crippen MR) is 71.0 cm³/mol. The van der Waals surface area contributed by atoms with Crippen molar-refractivity contribution in [3.8, 4) is 0 Å². The number of nitrogens with zero attached hydrogens (tertiary/aromatic N) is 2. The van der Waals surface area contributed by atoms with Crippen molar-refractivity contribution >= 4 is 34.2 Å². The van der Waals surface area contributed by atoms with Crippen LogP contribution in [0.1, 0.15) is 5.82 Å². The monoisotopic (exact) mass is 290 g/mol. The third kappa shape index (κ3) is 2.60. The van der Waals surface area contributed by atoms with Crippen molar-refractivity contribution in [2.24, 2.45) is 0 Å². The highest BCUT2D eigenvalue weighted by molar-refractivity contribution is 6.31. The van der Waals surface area contributed by atoms with Crippen LogP contribution in [0.25, 0.3) is 11.0 Å². The minimum Gasteiger partial charge on any atom is -0.383 e. The van der Waals surface area contributed by atoms with E-state index in [9.17, 15) is 4.39 Å². The highest BCUT2D eigenvalue weighted by Gasteiger charge is 2.13. The second kappa shape index (κ2) is 5.87. The largest absolute Gasteiger partial charge is 0.383 e. The molecule has 0 N–H and O–H groups in total. The summed E-state index contributed by atoms with van der Waals surface area (Å²) in [4.78, 5) is 4.38. The summed E-state index contributed by atoms with van der Waals surface area (Å²) in [5.74, 6) is 0.823. The lowest BCUT2D eigenvalue weighted by Crippen LogP contribution is -2.08. The molecule has 0 saturated heterocycles. The number of hydrogen-bond acceptors (Lipinski definition) is 2. The van der Waals surface area contributed by atoms with E-state index in [1.165, 1.54) is 6.07 Å². The number of ether oxygens (including phenoxy) is 1. The predicted octanol–water partition coefficient (Wildman–Crippen LogP) is 3.26. The van der Waals surface area contributed by atoms with E-state index in [0.717, 1.165) is 11.3 Å². The zero-order chi connectivity index (χ0) is 13.1. The SMILES string of the molecule is COCCn1c(CCCl)nc2cc(F)c(Cl)cc21. The summed E-state index contributed by atoms with van der Waals surface area (Å²) in [5, 5.41) is 0.0958. The fourth-order valence-electron chi connectivity index (χ4n) is 1.88. The van der Waals surface area contributed by atoms with Gasteiger partial charge in [-0.1, -0.05) is 11.6 Å². The lowest BCUT2D eigenvalue weighted by Gasteiger charge is -2.07. The van der Waals surface area contributed by atoms with Crippen molar-refractivity contribution < 1.29 is 9.13 Å². The van der Waals surface area contributed by atoms with E-state index in [1.54, 1.807) is 13.2 Å². The van der Waals surface area contributed by atoms with Gasteiger partial charge in [-0.3, -0.25) is 0 Å². The minimum atomic E-state index is -0.460. The second-order valence-corrected chi connectivity index (χ2v) is 4.65. The van der Waals surface area contributed by atoms with Crippen LogP contribution in [0.15, 0.2) is 12.1 Å². The maximum absolute atomic E-state index is 13.4. The van der Waals surface area contributed by atoms with Crippen molar-refractivity contribution in [1.29, 1.82) is 0 Å². The Morgan fingerprint density at radius 2 is 2.22 bits per heavy atom. The fourth-order valence-corrected chi connectivity index (χ4v) is 2.20. The zero-order valence-electron chi connectivity index (χ0n) is 9.92. The number of fused-ring (bicyclic) bond motifs is 1. The number of halogens is 3. The van der Waals surface area contributed by atoms with Crippen LogP contribution in [0.4, 0.5) is 4.39 Å². The highest BCUT2D eigenvalue weighted by Crippen LogP contribution is 2.24. The molecule has 0 unspecified atom stereocenters. The van der Waals surface area contributed by atoms with Gasteiger partial charge in [-0.15, -0.1) is 11.6 Å². The summed E-state index contributed by atoms with van der Waals surface area (Å²) in [7, 11) is 1.63. The van der Waals surface area contributed by atoms with Gasteiger partial charge < -0.3 is 9.30 Å². The van der Waals surface area contributed by atoms with E-state index < -0.39 is 5.82 Å². The molecule has 18 heavy (non-hydrogen) atoms. The Hall–Kier alpha value is -0.840. The van der Waals surface area contributed by atoms with Gasteiger partial charge in [0.15, 0.2) is 0 Å². The maximum Gasteiger partial charge on any atom is 0.144 e. The standard InChI is InChI=1S/C12H13Cl2FN2O/c1-18-5-4-17-11-6-8(14)9(15)7-10(11)16-12(17)2-3-13/h6-7H,2-5H2,1H3. The summed E-state index contributed by atoms with van der Waals surface area (Å²) in [6, 6.07) is 2.94. The molecule has 98 valence electrons. The van der Waals surface area contributed by atoms with Crippen molar-refractivity contribution in [2.75, 3.05) is 19.6 Å². The molecule has 0 aliphatic carbocycles. The summed E-state index contributed by atoms with van der Waals surface area (Å²) < 4.78 is 20.4. The van der Waals surface area contributed by atoms with Crippen molar-refractivity contribution in [3.05, 3.63) is 28.8 Å². The van der Waals surface area contributed by atoms with E-state index >= 15 is 0 Å². The molecule has 0 saturated carbocycles. The van der Waals surface area contributed by atoms with Gasteiger partial charge in [-0.05, 0) is 6.07 Å². The number of rotatable bonds is 5. The van der Waals surface area contributed by atoms with E-state index in [2.05, 4.69) is 4.98 Å². The maximum atomic E-state index is 13.4. The second-order valence-electron chi connectivity index (χ2n) is 3.87. The number of benzene rings is 1. The summed E-state index contributed by atoms with van der Waals surface area (Å²) >= 11 is 11.6. The number of alkyl halides is 1. The summed E-state index contributed by atoms with van der Waals surface area (Å²) in [5.41, 5.74) is 1.40. The Balaban J connectivity index is 2.53. The Kier molecular flexibility index (Phi) is 4.43. The average Bonchev–Trinajstić information content (AvgIpc) is 2.65. The summed E-state index contributed by atoms with van der Waals surface area (Å²) in [6.07, 6.45) is 0.624. The first-order valence-electron chi connectivity index (χ1n) is 5.56. The Bertz CT molecular complexity index is 556. The molecule has 0 spiro atoms. The highest BCUT2D eigenvalue weighted by atomic mass is 35.5. The first kappa shape index (κ1) is 13.6. The molecular formula is C12H13Cl2FN2O. The molecular weight excluding hydrogens is 278 g/mol. The van der Waals surface area contributed by atoms with Gasteiger partial charge in [-0.25, -0.2) is 9.37 Å². The van der Waals surface area contributed by atoms with Crippen LogP contribution in [0, 0.1) is 5.82 Å². The molecule has 0 aliphatic rings. The van der Waals surface area contributed by atoms with Crippen LogP contribution in [0.3, 0.4) is 0 Å². The average molecular weight is 291 g/mol. The van der Waals surface area contributed by atoms with Crippen molar-refractivity contribution in [3.63, 3.8) is 0 Å². The number of aromatic nitrogens is 2. The van der Waals surface area contributed by atoms with Crippen molar-refractivity contribution in [1.82, 2.24) is 9.55 Å². The molecule has 0 bridgehead atoms. The molecule has 0 amide bonds. The lowest BCUT2D eigenvalue weighted by molar-refractivity contribution is 0.187. The smallest absolute Gasteiger partial charge is 0.144 e.